The van der Waals surface area contributed by atoms with Gasteiger partial charge in [0.2, 0.25) is 0 Å². The van der Waals surface area contributed by atoms with Crippen molar-refractivity contribution in [3.8, 4) is 17.1 Å². The summed E-state index contributed by atoms with van der Waals surface area (Å²) in [6.45, 7) is 0. The number of rotatable bonds is 2. The summed E-state index contributed by atoms with van der Waals surface area (Å²) >= 11 is 0. The molecular weight excluding hydrogens is 257 g/mol. The van der Waals surface area contributed by atoms with Crippen LogP contribution in [-0.2, 0) is 0 Å². The van der Waals surface area contributed by atoms with Crippen LogP contribution in [0.2, 0.25) is 0 Å². The maximum absolute atomic E-state index is 12.9. The first kappa shape index (κ1) is 12.3. The number of nitrogens with zero attached hydrogens (tertiary/aromatic N) is 2. The molecule has 2 aromatic carbocycles. The Morgan fingerprint density at radius 3 is 2.50 bits per heavy atom. The summed E-state index contributed by atoms with van der Waals surface area (Å²) in [6.07, 6.45) is 0. The molecular formula is C15H12FN3O. The van der Waals surface area contributed by atoms with E-state index in [4.69, 9.17) is 10.5 Å². The van der Waals surface area contributed by atoms with Gasteiger partial charge in [0.25, 0.3) is 0 Å². The molecule has 3 aromatic rings. The monoisotopic (exact) mass is 269 g/mol. The summed E-state index contributed by atoms with van der Waals surface area (Å²) in [7, 11) is 1.59. The lowest BCUT2D eigenvalue weighted by molar-refractivity contribution is 0.415. The maximum Gasteiger partial charge on any atom is 0.162 e. The Labute approximate surface area is 115 Å². The number of methoxy groups -OCH3 is 1. The van der Waals surface area contributed by atoms with Crippen LogP contribution in [-0.4, -0.2) is 17.1 Å². The highest BCUT2D eigenvalue weighted by atomic mass is 19.1. The molecule has 0 fully saturated rings. The van der Waals surface area contributed by atoms with Crippen LogP contribution in [0.15, 0.2) is 42.5 Å². The largest absolute Gasteiger partial charge is 0.497 e. The highest BCUT2D eigenvalue weighted by Crippen LogP contribution is 2.26. The van der Waals surface area contributed by atoms with Crippen molar-refractivity contribution in [3.05, 3.63) is 48.3 Å². The minimum Gasteiger partial charge on any atom is -0.497 e. The van der Waals surface area contributed by atoms with E-state index in [0.717, 1.165) is 16.5 Å². The number of nitrogens with two attached hydrogens (primary N) is 1. The molecule has 20 heavy (non-hydrogen) atoms. The maximum atomic E-state index is 12.9. The van der Waals surface area contributed by atoms with Crippen molar-refractivity contribution in [1.82, 2.24) is 9.97 Å². The fourth-order valence-electron chi connectivity index (χ4n) is 1.99. The first-order chi connectivity index (χ1) is 9.67. The molecule has 3 rings (SSSR count). The van der Waals surface area contributed by atoms with Crippen molar-refractivity contribution in [2.24, 2.45) is 0 Å². The number of halogens is 1. The standard InChI is InChI=1S/C15H12FN3O/c1-20-11-6-7-13-12(8-11)14(17)19-15(18-13)9-2-4-10(16)5-3-9/h2-8H,1H3,(H2,17,18,19). The predicted molar refractivity (Wildman–Crippen MR) is 75.9 cm³/mol. The minimum atomic E-state index is -0.299. The average molecular weight is 269 g/mol. The zero-order chi connectivity index (χ0) is 14.1. The minimum absolute atomic E-state index is 0.299. The van der Waals surface area contributed by atoms with E-state index < -0.39 is 0 Å². The molecule has 0 saturated carbocycles. The van der Waals surface area contributed by atoms with Crippen molar-refractivity contribution in [2.45, 2.75) is 0 Å². The highest BCUT2D eigenvalue weighted by molar-refractivity contribution is 5.90. The zero-order valence-electron chi connectivity index (χ0n) is 10.8. The molecule has 2 N–H and O–H groups in total. The fraction of sp³-hybridized carbons (Fsp3) is 0.0667. The number of hydrogen-bond donors (Lipinski definition) is 1. The van der Waals surface area contributed by atoms with Gasteiger partial charge in [0.05, 0.1) is 12.6 Å². The van der Waals surface area contributed by atoms with E-state index in [0.29, 0.717) is 17.4 Å². The molecule has 0 amide bonds. The van der Waals surface area contributed by atoms with Crippen LogP contribution in [0.5, 0.6) is 5.75 Å². The van der Waals surface area contributed by atoms with Gasteiger partial charge < -0.3 is 10.5 Å². The van der Waals surface area contributed by atoms with Crippen LogP contribution in [0, 0.1) is 5.82 Å². The van der Waals surface area contributed by atoms with Crippen LogP contribution in [0.4, 0.5) is 10.2 Å². The Balaban J connectivity index is 2.17. The predicted octanol–water partition coefficient (Wildman–Crippen LogP) is 3.03. The molecule has 4 nitrogen and oxygen atoms in total. The van der Waals surface area contributed by atoms with E-state index >= 15 is 0 Å². The summed E-state index contributed by atoms with van der Waals surface area (Å²) < 4.78 is 18.1. The first-order valence-corrected chi connectivity index (χ1v) is 6.04. The number of benzene rings is 2. The third kappa shape index (κ3) is 2.14. The van der Waals surface area contributed by atoms with Gasteiger partial charge in [-0.2, -0.15) is 0 Å². The fourth-order valence-corrected chi connectivity index (χ4v) is 1.99. The summed E-state index contributed by atoms with van der Waals surface area (Å²) in [5.74, 6) is 1.24. The van der Waals surface area contributed by atoms with Crippen LogP contribution in [0.3, 0.4) is 0 Å². The summed E-state index contributed by atoms with van der Waals surface area (Å²) in [4.78, 5) is 8.71. The SMILES string of the molecule is COc1ccc2nc(-c3ccc(F)cc3)nc(N)c2c1. The van der Waals surface area contributed by atoms with Gasteiger partial charge >= 0.3 is 0 Å². The molecule has 0 radical (unpaired) electrons. The van der Waals surface area contributed by atoms with Crippen LogP contribution in [0.25, 0.3) is 22.3 Å². The van der Waals surface area contributed by atoms with Gasteiger partial charge in [-0.15, -0.1) is 0 Å². The van der Waals surface area contributed by atoms with Gasteiger partial charge in [-0.1, -0.05) is 0 Å². The third-order valence-electron chi connectivity index (χ3n) is 3.03. The number of nitrogen functional groups attached to an aromatic ring is 1. The molecule has 0 aliphatic carbocycles. The molecule has 0 unspecified atom stereocenters. The lowest BCUT2D eigenvalue weighted by atomic mass is 10.1. The molecule has 100 valence electrons. The van der Waals surface area contributed by atoms with Gasteiger partial charge in [0, 0.05) is 10.9 Å². The molecule has 0 spiro atoms. The van der Waals surface area contributed by atoms with E-state index in [9.17, 15) is 4.39 Å². The van der Waals surface area contributed by atoms with Gasteiger partial charge in [0.1, 0.15) is 17.4 Å². The molecule has 0 saturated heterocycles. The normalized spacial score (nSPS) is 10.7. The van der Waals surface area contributed by atoms with Crippen LogP contribution in [0.1, 0.15) is 0 Å². The van der Waals surface area contributed by atoms with Gasteiger partial charge in [-0.3, -0.25) is 0 Å². The molecule has 1 heterocycles. The van der Waals surface area contributed by atoms with E-state index in [1.165, 1.54) is 12.1 Å². The van der Waals surface area contributed by atoms with Crippen molar-refractivity contribution in [3.63, 3.8) is 0 Å². The third-order valence-corrected chi connectivity index (χ3v) is 3.03. The molecule has 0 aliphatic rings. The number of ether oxygens (including phenoxy) is 1. The Bertz CT molecular complexity index is 772. The number of hydrogen-bond acceptors (Lipinski definition) is 4. The second-order valence-corrected chi connectivity index (χ2v) is 4.32. The van der Waals surface area contributed by atoms with Crippen LogP contribution >= 0.6 is 0 Å². The van der Waals surface area contributed by atoms with E-state index in [1.54, 1.807) is 25.3 Å². The van der Waals surface area contributed by atoms with Crippen molar-refractivity contribution >= 4 is 16.7 Å². The Morgan fingerprint density at radius 1 is 1.05 bits per heavy atom. The summed E-state index contributed by atoms with van der Waals surface area (Å²) in [6, 6.07) is 11.4. The second kappa shape index (κ2) is 4.77. The van der Waals surface area contributed by atoms with Crippen LogP contribution < -0.4 is 10.5 Å². The Morgan fingerprint density at radius 2 is 1.80 bits per heavy atom. The van der Waals surface area contributed by atoms with Gasteiger partial charge in [-0.05, 0) is 42.5 Å². The van der Waals surface area contributed by atoms with E-state index in [1.807, 2.05) is 12.1 Å². The van der Waals surface area contributed by atoms with Crippen molar-refractivity contribution in [1.29, 1.82) is 0 Å². The first-order valence-electron chi connectivity index (χ1n) is 6.04. The summed E-state index contributed by atoms with van der Waals surface area (Å²) in [5, 5.41) is 0.732. The van der Waals surface area contributed by atoms with Crippen molar-refractivity contribution < 1.29 is 9.13 Å². The number of fused-ring (bicyclic) bond motifs is 1. The molecule has 0 atom stereocenters. The number of aromatic nitrogens is 2. The van der Waals surface area contributed by atoms with E-state index in [-0.39, 0.29) is 5.82 Å². The molecule has 0 bridgehead atoms. The topological polar surface area (TPSA) is 61.0 Å². The second-order valence-electron chi connectivity index (χ2n) is 4.32. The van der Waals surface area contributed by atoms with Gasteiger partial charge in [0.15, 0.2) is 5.82 Å². The molecule has 5 heteroatoms. The molecule has 0 aliphatic heterocycles. The van der Waals surface area contributed by atoms with E-state index in [2.05, 4.69) is 9.97 Å². The lowest BCUT2D eigenvalue weighted by Crippen LogP contribution is -1.98. The molecule has 1 aromatic heterocycles. The summed E-state index contributed by atoms with van der Waals surface area (Å²) in [5.41, 5.74) is 7.41. The lowest BCUT2D eigenvalue weighted by Gasteiger charge is -2.07. The highest BCUT2D eigenvalue weighted by Gasteiger charge is 2.08. The van der Waals surface area contributed by atoms with Crippen molar-refractivity contribution in [2.75, 3.05) is 12.8 Å². The average Bonchev–Trinajstić information content (AvgIpc) is 2.47. The Hall–Kier alpha value is -2.69. The van der Waals surface area contributed by atoms with Gasteiger partial charge in [-0.25, -0.2) is 14.4 Å². The smallest absolute Gasteiger partial charge is 0.162 e. The zero-order valence-corrected chi connectivity index (χ0v) is 10.8. The Kier molecular flexibility index (Phi) is 2.95. The quantitative estimate of drug-likeness (QED) is 0.776. The number of anilines is 1.